The molecule has 0 radical (unpaired) electrons. The van der Waals surface area contributed by atoms with E-state index >= 15 is 0 Å². The first kappa shape index (κ1) is 12.3. The van der Waals surface area contributed by atoms with Gasteiger partial charge in [0.15, 0.2) is 5.69 Å². The zero-order valence-corrected chi connectivity index (χ0v) is 11.7. The molecule has 0 N–H and O–H groups in total. The standard InChI is InChI=1S/C13H11ClN6O/c14-9-1-2-10-5-12(16-20(10)7-9)13(21)18-3-4-19-11(8-18)6-15-17-19/h1-2,5-7H,3-4,8H2. The number of pyridine rings is 1. The zero-order valence-electron chi connectivity index (χ0n) is 11.0. The average Bonchev–Trinajstić information content (AvgIpc) is 3.11. The number of hydrogen-bond donors (Lipinski definition) is 0. The van der Waals surface area contributed by atoms with E-state index in [1.54, 1.807) is 33.9 Å². The highest BCUT2D eigenvalue weighted by atomic mass is 35.5. The molecule has 1 aliphatic rings. The summed E-state index contributed by atoms with van der Waals surface area (Å²) in [5, 5.41) is 12.7. The summed E-state index contributed by atoms with van der Waals surface area (Å²) in [6.45, 7) is 1.75. The predicted molar refractivity (Wildman–Crippen MR) is 75.0 cm³/mol. The highest BCUT2D eigenvalue weighted by Gasteiger charge is 2.24. The van der Waals surface area contributed by atoms with Crippen molar-refractivity contribution in [3.05, 3.63) is 47.0 Å². The smallest absolute Gasteiger partial charge is 0.274 e. The van der Waals surface area contributed by atoms with Crippen LogP contribution in [0.2, 0.25) is 5.02 Å². The molecule has 106 valence electrons. The fourth-order valence-corrected chi connectivity index (χ4v) is 2.64. The molecule has 0 fully saturated rings. The van der Waals surface area contributed by atoms with Gasteiger partial charge in [-0.25, -0.2) is 9.20 Å². The van der Waals surface area contributed by atoms with Crippen molar-refractivity contribution >= 4 is 23.0 Å². The molecule has 4 rings (SSSR count). The number of rotatable bonds is 1. The van der Waals surface area contributed by atoms with Crippen LogP contribution in [0.3, 0.4) is 0 Å². The van der Waals surface area contributed by atoms with Gasteiger partial charge in [-0.05, 0) is 18.2 Å². The number of amides is 1. The topological polar surface area (TPSA) is 68.3 Å². The number of carbonyl (C=O) groups excluding carboxylic acids is 1. The minimum absolute atomic E-state index is 0.0951. The lowest BCUT2D eigenvalue weighted by Crippen LogP contribution is -2.38. The van der Waals surface area contributed by atoms with Gasteiger partial charge in [0.05, 0.1) is 35.5 Å². The molecule has 8 heteroatoms. The summed E-state index contributed by atoms with van der Waals surface area (Å²) in [5.74, 6) is -0.0951. The predicted octanol–water partition coefficient (Wildman–Crippen LogP) is 1.24. The molecule has 0 atom stereocenters. The number of halogens is 1. The lowest BCUT2D eigenvalue weighted by molar-refractivity contribution is 0.0699. The molecule has 7 nitrogen and oxygen atoms in total. The Bertz CT molecular complexity index is 838. The highest BCUT2D eigenvalue weighted by Crippen LogP contribution is 2.16. The number of hydrogen-bond acceptors (Lipinski definition) is 4. The van der Waals surface area contributed by atoms with E-state index in [2.05, 4.69) is 15.4 Å². The summed E-state index contributed by atoms with van der Waals surface area (Å²) >= 11 is 5.93. The van der Waals surface area contributed by atoms with Gasteiger partial charge in [0.1, 0.15) is 0 Å². The van der Waals surface area contributed by atoms with Crippen LogP contribution in [0.4, 0.5) is 0 Å². The van der Waals surface area contributed by atoms with Crippen molar-refractivity contribution in [1.82, 2.24) is 29.5 Å². The van der Waals surface area contributed by atoms with Crippen LogP contribution in [0.25, 0.3) is 5.52 Å². The largest absolute Gasteiger partial charge is 0.329 e. The van der Waals surface area contributed by atoms with Gasteiger partial charge < -0.3 is 4.90 Å². The van der Waals surface area contributed by atoms with Crippen LogP contribution in [0.15, 0.2) is 30.6 Å². The summed E-state index contributed by atoms with van der Waals surface area (Å²) in [7, 11) is 0. The summed E-state index contributed by atoms with van der Waals surface area (Å²) in [6.07, 6.45) is 3.37. The van der Waals surface area contributed by atoms with Crippen molar-refractivity contribution in [3.63, 3.8) is 0 Å². The Kier molecular flexibility index (Phi) is 2.68. The molecule has 0 aromatic carbocycles. The van der Waals surface area contributed by atoms with Crippen LogP contribution in [0.5, 0.6) is 0 Å². The van der Waals surface area contributed by atoms with Gasteiger partial charge in [-0.2, -0.15) is 5.10 Å². The van der Waals surface area contributed by atoms with Crippen molar-refractivity contribution in [3.8, 4) is 0 Å². The molecule has 3 aromatic rings. The molecular formula is C13H11ClN6O. The van der Waals surface area contributed by atoms with E-state index in [0.717, 1.165) is 11.2 Å². The van der Waals surface area contributed by atoms with E-state index in [0.29, 0.717) is 30.4 Å². The third-order valence-electron chi connectivity index (χ3n) is 3.56. The van der Waals surface area contributed by atoms with Gasteiger partial charge in [0.2, 0.25) is 0 Å². The first-order valence-electron chi connectivity index (χ1n) is 6.52. The van der Waals surface area contributed by atoms with Crippen molar-refractivity contribution in [2.24, 2.45) is 0 Å². The Morgan fingerprint density at radius 2 is 2.19 bits per heavy atom. The van der Waals surface area contributed by atoms with E-state index in [-0.39, 0.29) is 5.91 Å². The maximum Gasteiger partial charge on any atom is 0.274 e. The Balaban J connectivity index is 1.64. The first-order valence-corrected chi connectivity index (χ1v) is 6.90. The quantitative estimate of drug-likeness (QED) is 0.678. The van der Waals surface area contributed by atoms with Crippen LogP contribution in [0.1, 0.15) is 16.2 Å². The van der Waals surface area contributed by atoms with E-state index in [9.17, 15) is 4.79 Å². The van der Waals surface area contributed by atoms with Crippen LogP contribution >= 0.6 is 11.6 Å². The minimum atomic E-state index is -0.0951. The molecule has 1 amide bonds. The molecule has 21 heavy (non-hydrogen) atoms. The van der Waals surface area contributed by atoms with Gasteiger partial charge in [-0.15, -0.1) is 5.10 Å². The Labute approximate surface area is 124 Å². The third-order valence-corrected chi connectivity index (χ3v) is 3.79. The first-order chi connectivity index (χ1) is 10.2. The molecule has 1 aliphatic heterocycles. The Morgan fingerprint density at radius 1 is 1.29 bits per heavy atom. The van der Waals surface area contributed by atoms with Crippen molar-refractivity contribution in [2.45, 2.75) is 13.1 Å². The monoisotopic (exact) mass is 302 g/mol. The second kappa shape index (κ2) is 4.56. The molecule has 0 aliphatic carbocycles. The maximum atomic E-state index is 12.6. The molecular weight excluding hydrogens is 292 g/mol. The molecule has 0 unspecified atom stereocenters. The number of nitrogens with zero attached hydrogens (tertiary/aromatic N) is 6. The summed E-state index contributed by atoms with van der Waals surface area (Å²) in [6, 6.07) is 5.38. The van der Waals surface area contributed by atoms with Crippen LogP contribution < -0.4 is 0 Å². The Morgan fingerprint density at radius 3 is 3.10 bits per heavy atom. The van der Waals surface area contributed by atoms with E-state index < -0.39 is 0 Å². The normalized spacial score (nSPS) is 14.4. The molecule has 3 aromatic heterocycles. The summed E-state index contributed by atoms with van der Waals surface area (Å²) < 4.78 is 3.43. The van der Waals surface area contributed by atoms with Crippen molar-refractivity contribution < 1.29 is 4.79 Å². The third kappa shape index (κ3) is 2.06. The minimum Gasteiger partial charge on any atom is -0.329 e. The van der Waals surface area contributed by atoms with E-state index in [1.165, 1.54) is 0 Å². The lowest BCUT2D eigenvalue weighted by atomic mass is 10.2. The van der Waals surface area contributed by atoms with Crippen LogP contribution in [-0.4, -0.2) is 42.0 Å². The zero-order chi connectivity index (χ0) is 14.4. The van der Waals surface area contributed by atoms with Crippen LogP contribution in [0, 0.1) is 0 Å². The lowest BCUT2D eigenvalue weighted by Gasteiger charge is -2.26. The molecule has 0 saturated heterocycles. The molecule has 0 bridgehead atoms. The fraction of sp³-hybridized carbons (Fsp3) is 0.231. The van der Waals surface area contributed by atoms with Crippen molar-refractivity contribution in [2.75, 3.05) is 6.54 Å². The molecule has 0 saturated carbocycles. The van der Waals surface area contributed by atoms with Gasteiger partial charge in [-0.1, -0.05) is 16.8 Å². The number of fused-ring (bicyclic) bond motifs is 2. The second-order valence-corrected chi connectivity index (χ2v) is 5.36. The number of carbonyl (C=O) groups is 1. The van der Waals surface area contributed by atoms with Gasteiger partial charge in [0, 0.05) is 12.7 Å². The SMILES string of the molecule is O=C(c1cc2ccc(Cl)cn2n1)N1CCn2nncc2C1. The summed E-state index contributed by atoms with van der Waals surface area (Å²) in [5.41, 5.74) is 2.19. The molecule has 0 spiro atoms. The van der Waals surface area contributed by atoms with Crippen LogP contribution in [-0.2, 0) is 13.1 Å². The van der Waals surface area contributed by atoms with Crippen molar-refractivity contribution in [1.29, 1.82) is 0 Å². The van der Waals surface area contributed by atoms with E-state index in [1.807, 2.05) is 10.7 Å². The highest BCUT2D eigenvalue weighted by molar-refractivity contribution is 6.30. The average molecular weight is 303 g/mol. The summed E-state index contributed by atoms with van der Waals surface area (Å²) in [4.78, 5) is 14.3. The number of aromatic nitrogens is 5. The van der Waals surface area contributed by atoms with E-state index in [4.69, 9.17) is 11.6 Å². The van der Waals surface area contributed by atoms with Gasteiger partial charge >= 0.3 is 0 Å². The Hall–Kier alpha value is -2.41. The second-order valence-electron chi connectivity index (χ2n) is 4.92. The molecule has 4 heterocycles. The van der Waals surface area contributed by atoms with Gasteiger partial charge in [-0.3, -0.25) is 4.79 Å². The van der Waals surface area contributed by atoms with Gasteiger partial charge in [0.25, 0.3) is 5.91 Å². The fourth-order valence-electron chi connectivity index (χ4n) is 2.48. The maximum absolute atomic E-state index is 12.6.